The summed E-state index contributed by atoms with van der Waals surface area (Å²) in [6.07, 6.45) is 1.35. The summed E-state index contributed by atoms with van der Waals surface area (Å²) in [5, 5.41) is 4.44. The van der Waals surface area contributed by atoms with Gasteiger partial charge < -0.3 is 4.74 Å². The molecule has 0 saturated carbocycles. The highest BCUT2D eigenvalue weighted by Gasteiger charge is 2.12. The van der Waals surface area contributed by atoms with Gasteiger partial charge in [-0.05, 0) is 47.0 Å². The number of hydrogen-bond donors (Lipinski definition) is 0. The Morgan fingerprint density at radius 3 is 2.52 bits per heavy atom. The molecule has 0 spiro atoms. The lowest BCUT2D eigenvalue weighted by Crippen LogP contribution is -2.04. The number of benzene rings is 1. The molecular weight excluding hydrogens is 332 g/mol. The van der Waals surface area contributed by atoms with E-state index in [9.17, 15) is 4.79 Å². The Hall–Kier alpha value is -1.62. The number of carbonyl (C=O) groups is 1. The average molecular weight is 351 g/mol. The Balaban J connectivity index is 2.03. The molecule has 112 valence electrons. The van der Waals surface area contributed by atoms with Crippen LogP contribution < -0.4 is 4.74 Å². The summed E-state index contributed by atoms with van der Waals surface area (Å²) in [7, 11) is 1.92. The van der Waals surface area contributed by atoms with Gasteiger partial charge in [-0.3, -0.25) is 9.48 Å². The standard InChI is InChI=1S/C16H19BrN2O2/c1-4-14-16(17)15(19(3)18-14)10-21-13-7-5-12(6-8-13)9-11(2)20/h5-8H,4,9-10H2,1-3H3. The topological polar surface area (TPSA) is 44.1 Å². The lowest BCUT2D eigenvalue weighted by Gasteiger charge is -2.08. The molecule has 0 radical (unpaired) electrons. The fourth-order valence-corrected chi connectivity index (χ4v) is 2.85. The molecule has 1 aromatic heterocycles. The van der Waals surface area contributed by atoms with E-state index in [-0.39, 0.29) is 5.78 Å². The fourth-order valence-electron chi connectivity index (χ4n) is 2.12. The van der Waals surface area contributed by atoms with Crippen molar-refractivity contribution in [1.29, 1.82) is 0 Å². The third-order valence-corrected chi connectivity index (χ3v) is 4.17. The first-order valence-corrected chi connectivity index (χ1v) is 7.72. The van der Waals surface area contributed by atoms with E-state index in [2.05, 4.69) is 28.0 Å². The molecule has 2 rings (SSSR count). The molecule has 0 aliphatic rings. The molecule has 0 fully saturated rings. The summed E-state index contributed by atoms with van der Waals surface area (Å²) < 4.78 is 8.65. The number of ether oxygens (including phenoxy) is 1. The average Bonchev–Trinajstić information content (AvgIpc) is 2.72. The monoisotopic (exact) mass is 350 g/mol. The van der Waals surface area contributed by atoms with Crippen LogP contribution in [0.2, 0.25) is 0 Å². The minimum atomic E-state index is 0.162. The normalized spacial score (nSPS) is 10.7. The summed E-state index contributed by atoms with van der Waals surface area (Å²) in [5.74, 6) is 0.947. The first-order valence-electron chi connectivity index (χ1n) is 6.92. The van der Waals surface area contributed by atoms with Crippen molar-refractivity contribution >= 4 is 21.7 Å². The van der Waals surface area contributed by atoms with E-state index in [4.69, 9.17) is 4.74 Å². The van der Waals surface area contributed by atoms with E-state index in [1.54, 1.807) is 6.92 Å². The minimum absolute atomic E-state index is 0.162. The first kappa shape index (κ1) is 15.8. The molecule has 0 amide bonds. The van der Waals surface area contributed by atoms with Crippen molar-refractivity contribution in [2.45, 2.75) is 33.3 Å². The van der Waals surface area contributed by atoms with Crippen LogP contribution in [0.15, 0.2) is 28.7 Å². The van der Waals surface area contributed by atoms with Gasteiger partial charge in [0, 0.05) is 13.5 Å². The number of aromatic nitrogens is 2. The number of aryl methyl sites for hydroxylation is 2. The number of halogens is 1. The molecule has 0 aliphatic heterocycles. The van der Waals surface area contributed by atoms with Crippen LogP contribution in [0.5, 0.6) is 5.75 Å². The molecule has 0 aliphatic carbocycles. The Morgan fingerprint density at radius 2 is 2.00 bits per heavy atom. The summed E-state index contributed by atoms with van der Waals surface area (Å²) in [4.78, 5) is 11.1. The second kappa shape index (κ2) is 6.89. The Kier molecular flexibility index (Phi) is 5.17. The van der Waals surface area contributed by atoms with Gasteiger partial charge in [-0.25, -0.2) is 0 Å². The van der Waals surface area contributed by atoms with Gasteiger partial charge >= 0.3 is 0 Å². The highest BCUT2D eigenvalue weighted by Crippen LogP contribution is 2.23. The SMILES string of the molecule is CCc1nn(C)c(COc2ccc(CC(C)=O)cc2)c1Br. The first-order chi connectivity index (χ1) is 10.0. The van der Waals surface area contributed by atoms with Crippen molar-refractivity contribution in [2.24, 2.45) is 7.05 Å². The minimum Gasteiger partial charge on any atom is -0.487 e. The molecule has 2 aromatic rings. The maximum Gasteiger partial charge on any atom is 0.134 e. The summed E-state index contributed by atoms with van der Waals surface area (Å²) in [6, 6.07) is 7.63. The van der Waals surface area contributed by atoms with E-state index in [0.29, 0.717) is 13.0 Å². The molecular formula is C16H19BrN2O2. The van der Waals surface area contributed by atoms with Crippen LogP contribution >= 0.6 is 15.9 Å². The van der Waals surface area contributed by atoms with Crippen molar-refractivity contribution in [1.82, 2.24) is 9.78 Å². The van der Waals surface area contributed by atoms with Gasteiger partial charge in [-0.1, -0.05) is 19.1 Å². The molecule has 0 saturated heterocycles. The Bertz CT molecular complexity index is 632. The summed E-state index contributed by atoms with van der Waals surface area (Å²) in [6.45, 7) is 4.12. The third kappa shape index (κ3) is 3.94. The second-order valence-corrected chi connectivity index (χ2v) is 5.79. The lowest BCUT2D eigenvalue weighted by molar-refractivity contribution is -0.116. The number of rotatable bonds is 6. The smallest absolute Gasteiger partial charge is 0.134 e. The number of ketones is 1. The molecule has 0 unspecified atom stereocenters. The van der Waals surface area contributed by atoms with Gasteiger partial charge in [0.2, 0.25) is 0 Å². The van der Waals surface area contributed by atoms with E-state index in [1.807, 2.05) is 36.0 Å². The van der Waals surface area contributed by atoms with Crippen LogP contribution in [0.4, 0.5) is 0 Å². The molecule has 4 nitrogen and oxygen atoms in total. The molecule has 0 N–H and O–H groups in total. The van der Waals surface area contributed by atoms with Crippen molar-refractivity contribution in [2.75, 3.05) is 0 Å². The zero-order valence-corrected chi connectivity index (χ0v) is 14.1. The predicted octanol–water partition coefficient (Wildman–Crippen LogP) is 3.46. The lowest BCUT2D eigenvalue weighted by atomic mass is 10.1. The van der Waals surface area contributed by atoms with Gasteiger partial charge in [0.15, 0.2) is 0 Å². The Labute approximate surface area is 133 Å². The van der Waals surface area contributed by atoms with E-state index >= 15 is 0 Å². The van der Waals surface area contributed by atoms with Crippen LogP contribution in [0, 0.1) is 0 Å². The van der Waals surface area contributed by atoms with Crippen LogP contribution in [-0.2, 0) is 31.3 Å². The van der Waals surface area contributed by atoms with Crippen molar-refractivity contribution in [3.05, 3.63) is 45.7 Å². The van der Waals surface area contributed by atoms with Crippen molar-refractivity contribution in [3.8, 4) is 5.75 Å². The van der Waals surface area contributed by atoms with E-state index < -0.39 is 0 Å². The van der Waals surface area contributed by atoms with Crippen LogP contribution in [0.3, 0.4) is 0 Å². The predicted molar refractivity (Wildman–Crippen MR) is 85.4 cm³/mol. The van der Waals surface area contributed by atoms with E-state index in [1.165, 1.54) is 0 Å². The van der Waals surface area contributed by atoms with Gasteiger partial charge in [-0.15, -0.1) is 0 Å². The largest absolute Gasteiger partial charge is 0.487 e. The number of carbonyl (C=O) groups excluding carboxylic acids is 1. The molecule has 1 heterocycles. The molecule has 5 heteroatoms. The zero-order chi connectivity index (χ0) is 15.4. The quantitative estimate of drug-likeness (QED) is 0.801. The molecule has 1 aromatic carbocycles. The molecule has 0 atom stereocenters. The highest BCUT2D eigenvalue weighted by atomic mass is 79.9. The second-order valence-electron chi connectivity index (χ2n) is 5.00. The number of Topliss-reactive ketones (excluding diaryl/α,β-unsaturated/α-hetero) is 1. The van der Waals surface area contributed by atoms with E-state index in [0.717, 1.165) is 33.6 Å². The Morgan fingerprint density at radius 1 is 1.33 bits per heavy atom. The molecule has 0 bridgehead atoms. The van der Waals surface area contributed by atoms with Gasteiger partial charge in [0.1, 0.15) is 18.1 Å². The van der Waals surface area contributed by atoms with Crippen LogP contribution in [-0.4, -0.2) is 15.6 Å². The van der Waals surface area contributed by atoms with Gasteiger partial charge in [0.05, 0.1) is 15.9 Å². The van der Waals surface area contributed by atoms with Crippen molar-refractivity contribution < 1.29 is 9.53 Å². The molecule has 21 heavy (non-hydrogen) atoms. The fraction of sp³-hybridized carbons (Fsp3) is 0.375. The zero-order valence-electron chi connectivity index (χ0n) is 12.5. The summed E-state index contributed by atoms with van der Waals surface area (Å²) >= 11 is 3.57. The van der Waals surface area contributed by atoms with Gasteiger partial charge in [-0.2, -0.15) is 5.10 Å². The number of hydrogen-bond acceptors (Lipinski definition) is 3. The van der Waals surface area contributed by atoms with Gasteiger partial charge in [0.25, 0.3) is 0 Å². The van der Waals surface area contributed by atoms with Crippen molar-refractivity contribution in [3.63, 3.8) is 0 Å². The summed E-state index contributed by atoms with van der Waals surface area (Å²) in [5.41, 5.74) is 3.05. The highest BCUT2D eigenvalue weighted by molar-refractivity contribution is 9.10. The third-order valence-electron chi connectivity index (χ3n) is 3.25. The number of nitrogens with zero attached hydrogens (tertiary/aromatic N) is 2. The van der Waals surface area contributed by atoms with Crippen LogP contribution in [0.1, 0.15) is 30.8 Å². The maximum atomic E-state index is 11.1. The van der Waals surface area contributed by atoms with Crippen LogP contribution in [0.25, 0.3) is 0 Å². The maximum absolute atomic E-state index is 11.1.